The van der Waals surface area contributed by atoms with Crippen LogP contribution >= 0.6 is 0 Å². The first-order valence-electron chi connectivity index (χ1n) is 4.02. The molecule has 4 nitrogen and oxygen atoms in total. The number of nitrogens with zero attached hydrogens (tertiary/aromatic N) is 2. The van der Waals surface area contributed by atoms with Crippen molar-refractivity contribution in [1.82, 2.24) is 9.13 Å². The zero-order valence-corrected chi connectivity index (χ0v) is 8.75. The second-order valence-electron chi connectivity index (χ2n) is 3.15. The molecule has 0 radical (unpaired) electrons. The van der Waals surface area contributed by atoms with Gasteiger partial charge in [-0.2, -0.15) is 0 Å². The molecule has 2 N–H and O–H groups in total. The maximum absolute atomic E-state index is 11.5. The molecule has 0 aliphatic heterocycles. The Balaban J connectivity index is 0.000000980. The van der Waals surface area contributed by atoms with Gasteiger partial charge in [0.15, 0.2) is 0 Å². The Hall–Kier alpha value is -1.42. The first kappa shape index (κ1) is 10.7. The molecule has 5 heteroatoms. The van der Waals surface area contributed by atoms with Crippen LogP contribution in [-0.2, 0) is 14.1 Å². The van der Waals surface area contributed by atoms with Gasteiger partial charge in [-0.15, -0.1) is 0 Å². The van der Waals surface area contributed by atoms with Crippen molar-refractivity contribution >= 4 is 16.7 Å². The average Bonchev–Trinajstić information content (AvgIpc) is 2.32. The van der Waals surface area contributed by atoms with Crippen LogP contribution < -0.4 is 23.8 Å². The van der Waals surface area contributed by atoms with Crippen molar-refractivity contribution in [2.24, 2.45) is 14.1 Å². The lowest BCUT2D eigenvalue weighted by Crippen LogP contribution is -3.00. The smallest absolute Gasteiger partial charge is 0.328 e. The van der Waals surface area contributed by atoms with Gasteiger partial charge in [0.25, 0.3) is 0 Å². The van der Waals surface area contributed by atoms with Crippen LogP contribution in [0.15, 0.2) is 23.0 Å². The van der Waals surface area contributed by atoms with Crippen LogP contribution in [0.3, 0.4) is 0 Å². The van der Waals surface area contributed by atoms with E-state index in [1.807, 2.05) is 6.07 Å². The van der Waals surface area contributed by atoms with Gasteiger partial charge in [-0.25, -0.2) is 4.79 Å². The highest BCUT2D eigenvalue weighted by atomic mass is 35.5. The summed E-state index contributed by atoms with van der Waals surface area (Å²) >= 11 is 0. The van der Waals surface area contributed by atoms with Crippen LogP contribution in [0.2, 0.25) is 0 Å². The summed E-state index contributed by atoms with van der Waals surface area (Å²) in [4.78, 5) is 11.5. The van der Waals surface area contributed by atoms with Crippen LogP contribution in [0.5, 0.6) is 0 Å². The molecule has 1 heterocycles. The van der Waals surface area contributed by atoms with Gasteiger partial charge in [0.05, 0.1) is 11.0 Å². The molecule has 0 atom stereocenters. The monoisotopic (exact) mass is 212 g/mol. The number of anilines is 1. The molecule has 1 aromatic carbocycles. The van der Waals surface area contributed by atoms with Crippen molar-refractivity contribution in [3.05, 3.63) is 28.7 Å². The Kier molecular flexibility index (Phi) is 2.57. The molecule has 14 heavy (non-hydrogen) atoms. The first-order chi connectivity index (χ1) is 6.11. The number of fused-ring (bicyclic) bond motifs is 1. The Bertz CT molecular complexity index is 527. The number of nitrogen functional groups attached to an aromatic ring is 1. The molecule has 0 saturated heterocycles. The van der Waals surface area contributed by atoms with E-state index in [1.54, 1.807) is 35.4 Å². The predicted molar refractivity (Wildman–Crippen MR) is 52.6 cm³/mol. The zero-order valence-electron chi connectivity index (χ0n) is 7.99. The third-order valence-corrected chi connectivity index (χ3v) is 2.30. The fraction of sp³-hybridized carbons (Fsp3) is 0.222. The van der Waals surface area contributed by atoms with Gasteiger partial charge in [-0.3, -0.25) is 9.13 Å². The van der Waals surface area contributed by atoms with Crippen molar-refractivity contribution in [2.45, 2.75) is 0 Å². The molecule has 0 unspecified atom stereocenters. The number of hydrogen-bond donors (Lipinski definition) is 1. The van der Waals surface area contributed by atoms with Gasteiger partial charge in [-0.1, -0.05) is 0 Å². The Morgan fingerprint density at radius 1 is 1.14 bits per heavy atom. The summed E-state index contributed by atoms with van der Waals surface area (Å²) < 4.78 is 3.19. The van der Waals surface area contributed by atoms with Gasteiger partial charge in [-0.05, 0) is 18.2 Å². The molecule has 1 aromatic heterocycles. The predicted octanol–water partition coefficient (Wildman–Crippen LogP) is -2.54. The van der Waals surface area contributed by atoms with E-state index < -0.39 is 0 Å². The fourth-order valence-electron chi connectivity index (χ4n) is 1.52. The number of rotatable bonds is 0. The summed E-state index contributed by atoms with van der Waals surface area (Å²) in [5.74, 6) is 0. The maximum atomic E-state index is 11.5. The fourth-order valence-corrected chi connectivity index (χ4v) is 1.52. The molecule has 2 aromatic rings. The number of benzene rings is 1. The van der Waals surface area contributed by atoms with E-state index in [-0.39, 0.29) is 18.1 Å². The minimum absolute atomic E-state index is 0. The third-order valence-electron chi connectivity index (χ3n) is 2.30. The molecule has 0 bridgehead atoms. The lowest BCUT2D eigenvalue weighted by molar-refractivity contribution is -0.00000284. The zero-order chi connectivity index (χ0) is 9.59. The van der Waals surface area contributed by atoms with Crippen molar-refractivity contribution in [3.63, 3.8) is 0 Å². The second kappa shape index (κ2) is 3.38. The second-order valence-corrected chi connectivity index (χ2v) is 3.15. The summed E-state index contributed by atoms with van der Waals surface area (Å²) in [6.45, 7) is 0. The van der Waals surface area contributed by atoms with Crippen LogP contribution in [0.25, 0.3) is 11.0 Å². The highest BCUT2D eigenvalue weighted by Gasteiger charge is 2.06. The number of aromatic nitrogens is 2. The molecule has 0 aliphatic rings. The van der Waals surface area contributed by atoms with Crippen molar-refractivity contribution < 1.29 is 12.4 Å². The summed E-state index contributed by atoms with van der Waals surface area (Å²) in [5, 5.41) is 0. The van der Waals surface area contributed by atoms with E-state index in [0.717, 1.165) is 11.0 Å². The quantitative estimate of drug-likeness (QED) is 0.490. The Labute approximate surface area is 87.3 Å². The van der Waals surface area contributed by atoms with Gasteiger partial charge < -0.3 is 18.1 Å². The standard InChI is InChI=1S/C9H11N3O.ClH/c1-11-7-4-3-6(10)5-8(7)12(2)9(11)13;/h3-5H,10H2,1-2H3;1H/p-1. The highest BCUT2D eigenvalue weighted by Crippen LogP contribution is 2.14. The molecule has 2 rings (SSSR count). The summed E-state index contributed by atoms with van der Waals surface area (Å²) in [6.07, 6.45) is 0. The number of halogens is 1. The lowest BCUT2D eigenvalue weighted by atomic mass is 10.3. The minimum atomic E-state index is -0.0272. The van der Waals surface area contributed by atoms with Crippen molar-refractivity contribution in [2.75, 3.05) is 5.73 Å². The van der Waals surface area contributed by atoms with E-state index in [0.29, 0.717) is 5.69 Å². The van der Waals surface area contributed by atoms with Gasteiger partial charge in [0.1, 0.15) is 0 Å². The van der Waals surface area contributed by atoms with Crippen LogP contribution in [0, 0.1) is 0 Å². The van der Waals surface area contributed by atoms with Gasteiger partial charge in [0, 0.05) is 19.8 Å². The van der Waals surface area contributed by atoms with Crippen molar-refractivity contribution in [3.8, 4) is 0 Å². The average molecular weight is 213 g/mol. The number of hydrogen-bond acceptors (Lipinski definition) is 2. The van der Waals surface area contributed by atoms with E-state index in [4.69, 9.17) is 5.73 Å². The topological polar surface area (TPSA) is 53.0 Å². The minimum Gasteiger partial charge on any atom is -1.00 e. The largest absolute Gasteiger partial charge is 1.00 e. The number of nitrogens with two attached hydrogens (primary N) is 1. The molecule has 0 amide bonds. The van der Waals surface area contributed by atoms with Crippen molar-refractivity contribution in [1.29, 1.82) is 0 Å². The van der Waals surface area contributed by atoms with E-state index in [2.05, 4.69) is 0 Å². The molecule has 0 fully saturated rings. The normalized spacial score (nSPS) is 10.1. The maximum Gasteiger partial charge on any atom is 0.328 e. The lowest BCUT2D eigenvalue weighted by Gasteiger charge is -1.95. The van der Waals surface area contributed by atoms with Crippen LogP contribution in [0.4, 0.5) is 5.69 Å². The summed E-state index contributed by atoms with van der Waals surface area (Å²) in [7, 11) is 3.49. The molecular weight excluding hydrogens is 202 g/mol. The number of imidazole rings is 1. The molecule has 0 saturated carbocycles. The molecule has 76 valence electrons. The molecular formula is C9H11ClN3O-. The van der Waals surface area contributed by atoms with Crippen LogP contribution in [-0.4, -0.2) is 9.13 Å². The Morgan fingerprint density at radius 3 is 2.36 bits per heavy atom. The summed E-state index contributed by atoms with van der Waals surface area (Å²) in [6, 6.07) is 5.45. The van der Waals surface area contributed by atoms with Crippen LogP contribution in [0.1, 0.15) is 0 Å². The van der Waals surface area contributed by atoms with E-state index in [9.17, 15) is 4.79 Å². The number of aryl methyl sites for hydroxylation is 2. The van der Waals surface area contributed by atoms with E-state index >= 15 is 0 Å². The summed E-state index contributed by atoms with van der Waals surface area (Å²) in [5.41, 5.74) is 8.05. The highest BCUT2D eigenvalue weighted by molar-refractivity contribution is 5.79. The Morgan fingerprint density at radius 2 is 1.71 bits per heavy atom. The van der Waals surface area contributed by atoms with Gasteiger partial charge >= 0.3 is 5.69 Å². The molecule has 0 spiro atoms. The SMILES string of the molecule is Cn1c(=O)n(C)c2cc(N)ccc21.[Cl-]. The van der Waals surface area contributed by atoms with Gasteiger partial charge in [0.2, 0.25) is 0 Å². The van der Waals surface area contributed by atoms with E-state index in [1.165, 1.54) is 0 Å². The first-order valence-corrected chi connectivity index (χ1v) is 4.02. The third kappa shape index (κ3) is 1.28. The molecule has 0 aliphatic carbocycles.